The summed E-state index contributed by atoms with van der Waals surface area (Å²) in [6.07, 6.45) is 8.83. The van der Waals surface area contributed by atoms with Gasteiger partial charge in [-0.25, -0.2) is 0 Å². The van der Waals surface area contributed by atoms with E-state index >= 15 is 0 Å². The lowest BCUT2D eigenvalue weighted by atomic mass is 10.1. The second-order valence-corrected chi connectivity index (χ2v) is 6.93. The number of hydrogen-bond acceptors (Lipinski definition) is 3. The van der Waals surface area contributed by atoms with Crippen LogP contribution in [0.3, 0.4) is 0 Å². The molecule has 0 aliphatic heterocycles. The Morgan fingerprint density at radius 2 is 1.92 bits per heavy atom. The second-order valence-electron chi connectivity index (χ2n) is 6.93. The minimum atomic E-state index is -0.0638. The number of pyridine rings is 1. The molecular formula is C21H27N3O. The van der Waals surface area contributed by atoms with Gasteiger partial charge in [0.15, 0.2) is 0 Å². The number of aryl methyl sites for hydroxylation is 1. The molecule has 1 aromatic carbocycles. The van der Waals surface area contributed by atoms with E-state index in [2.05, 4.69) is 46.8 Å². The van der Waals surface area contributed by atoms with Crippen molar-refractivity contribution in [1.82, 2.24) is 10.3 Å². The number of benzene rings is 1. The van der Waals surface area contributed by atoms with Gasteiger partial charge in [-0.05, 0) is 37.5 Å². The topological polar surface area (TPSA) is 54.0 Å². The van der Waals surface area contributed by atoms with Crippen LogP contribution in [0.25, 0.3) is 0 Å². The minimum absolute atomic E-state index is 0.0638. The Balaban J connectivity index is 1.59. The van der Waals surface area contributed by atoms with Crippen molar-refractivity contribution in [3.05, 3.63) is 59.4 Å². The molecular weight excluding hydrogens is 310 g/mol. The van der Waals surface area contributed by atoms with E-state index in [0.717, 1.165) is 25.1 Å². The Morgan fingerprint density at radius 1 is 1.12 bits per heavy atom. The number of amides is 1. The molecule has 1 aliphatic rings. The molecule has 0 radical (unpaired) electrons. The molecule has 2 aromatic rings. The van der Waals surface area contributed by atoms with Gasteiger partial charge in [-0.15, -0.1) is 0 Å². The molecule has 0 unspecified atom stereocenters. The number of rotatable bonds is 5. The van der Waals surface area contributed by atoms with Gasteiger partial charge < -0.3 is 10.6 Å². The highest BCUT2D eigenvalue weighted by atomic mass is 16.1. The lowest BCUT2D eigenvalue weighted by molar-refractivity contribution is 0.0928. The number of carbonyl (C=O) groups is 1. The molecule has 25 heavy (non-hydrogen) atoms. The van der Waals surface area contributed by atoms with Crippen molar-refractivity contribution < 1.29 is 4.79 Å². The predicted molar refractivity (Wildman–Crippen MR) is 102 cm³/mol. The minimum Gasteiger partial charge on any atom is -0.381 e. The first kappa shape index (κ1) is 17.5. The molecule has 1 saturated carbocycles. The van der Waals surface area contributed by atoms with Crippen molar-refractivity contribution in [1.29, 1.82) is 0 Å². The van der Waals surface area contributed by atoms with Gasteiger partial charge in [-0.3, -0.25) is 9.78 Å². The fraction of sp³-hybridized carbons (Fsp3) is 0.429. The van der Waals surface area contributed by atoms with E-state index in [1.165, 1.54) is 36.8 Å². The number of anilines is 1. The first-order valence-corrected chi connectivity index (χ1v) is 9.27. The fourth-order valence-electron chi connectivity index (χ4n) is 3.37. The highest BCUT2D eigenvalue weighted by molar-refractivity contribution is 5.93. The van der Waals surface area contributed by atoms with Crippen molar-refractivity contribution in [3.63, 3.8) is 0 Å². The summed E-state index contributed by atoms with van der Waals surface area (Å²) in [5, 5.41) is 6.53. The summed E-state index contributed by atoms with van der Waals surface area (Å²) in [5.41, 5.74) is 3.87. The number of carbonyl (C=O) groups excluding carboxylic acids is 1. The predicted octanol–water partition coefficient (Wildman–Crippen LogP) is 4.45. The fourth-order valence-corrected chi connectivity index (χ4v) is 3.37. The molecule has 2 N–H and O–H groups in total. The summed E-state index contributed by atoms with van der Waals surface area (Å²) in [6, 6.07) is 12.4. The van der Waals surface area contributed by atoms with Gasteiger partial charge in [-0.2, -0.15) is 0 Å². The first-order chi connectivity index (χ1) is 12.2. The quantitative estimate of drug-likeness (QED) is 0.792. The monoisotopic (exact) mass is 337 g/mol. The van der Waals surface area contributed by atoms with Crippen LogP contribution in [0.4, 0.5) is 5.69 Å². The zero-order valence-corrected chi connectivity index (χ0v) is 14.9. The van der Waals surface area contributed by atoms with Crippen LogP contribution in [0.15, 0.2) is 42.6 Å². The van der Waals surface area contributed by atoms with E-state index in [1.807, 2.05) is 12.1 Å². The molecule has 1 fully saturated rings. The van der Waals surface area contributed by atoms with Crippen molar-refractivity contribution in [2.24, 2.45) is 0 Å². The van der Waals surface area contributed by atoms with Gasteiger partial charge in [0.1, 0.15) is 5.69 Å². The first-order valence-electron chi connectivity index (χ1n) is 9.27. The average Bonchev–Trinajstić information content (AvgIpc) is 2.89. The van der Waals surface area contributed by atoms with Gasteiger partial charge in [-0.1, -0.05) is 55.5 Å². The summed E-state index contributed by atoms with van der Waals surface area (Å²) < 4.78 is 0. The molecule has 3 rings (SSSR count). The van der Waals surface area contributed by atoms with Gasteiger partial charge in [0.2, 0.25) is 0 Å². The third-order valence-electron chi connectivity index (χ3n) is 4.76. The molecule has 4 nitrogen and oxygen atoms in total. The van der Waals surface area contributed by atoms with Gasteiger partial charge in [0.25, 0.3) is 5.91 Å². The van der Waals surface area contributed by atoms with E-state index in [0.29, 0.717) is 11.7 Å². The van der Waals surface area contributed by atoms with Crippen LogP contribution in [-0.4, -0.2) is 16.9 Å². The zero-order valence-electron chi connectivity index (χ0n) is 14.9. The van der Waals surface area contributed by atoms with Gasteiger partial charge in [0, 0.05) is 24.5 Å². The van der Waals surface area contributed by atoms with Crippen LogP contribution in [0.5, 0.6) is 0 Å². The van der Waals surface area contributed by atoms with E-state index in [-0.39, 0.29) is 5.91 Å². The number of hydrogen-bond donors (Lipinski definition) is 2. The summed E-state index contributed by atoms with van der Waals surface area (Å²) in [6.45, 7) is 2.82. The summed E-state index contributed by atoms with van der Waals surface area (Å²) in [7, 11) is 0. The van der Waals surface area contributed by atoms with E-state index in [9.17, 15) is 4.79 Å². The number of nitrogens with one attached hydrogen (secondary N) is 2. The third-order valence-corrected chi connectivity index (χ3v) is 4.76. The zero-order chi connectivity index (χ0) is 17.5. The Kier molecular flexibility index (Phi) is 6.04. The van der Waals surface area contributed by atoms with Gasteiger partial charge in [0.05, 0.1) is 0 Å². The molecule has 0 atom stereocenters. The Hall–Kier alpha value is -2.36. The molecule has 0 bridgehead atoms. The average molecular weight is 337 g/mol. The maximum absolute atomic E-state index is 12.5. The highest BCUT2D eigenvalue weighted by Crippen LogP contribution is 2.18. The molecule has 1 amide bonds. The number of nitrogens with zero attached hydrogens (tertiary/aromatic N) is 1. The smallest absolute Gasteiger partial charge is 0.270 e. The standard InChI is InChI=1S/C21H27N3O/c1-16-7-6-8-17(13-16)15-23-19-11-12-22-20(14-19)21(25)24-18-9-4-2-3-5-10-18/h6-8,11-14,18H,2-5,9-10,15H2,1H3,(H,22,23)(H,24,25). The van der Waals surface area contributed by atoms with Crippen LogP contribution in [-0.2, 0) is 6.54 Å². The molecule has 1 aliphatic carbocycles. The molecule has 0 saturated heterocycles. The summed E-state index contributed by atoms with van der Waals surface area (Å²) in [4.78, 5) is 16.7. The molecule has 0 spiro atoms. The molecule has 1 aromatic heterocycles. The van der Waals surface area contributed by atoms with Crippen molar-refractivity contribution in [2.45, 2.75) is 58.0 Å². The summed E-state index contributed by atoms with van der Waals surface area (Å²) >= 11 is 0. The lowest BCUT2D eigenvalue weighted by Gasteiger charge is -2.16. The second kappa shape index (κ2) is 8.65. The van der Waals surface area contributed by atoms with Crippen LogP contribution >= 0.6 is 0 Å². The Labute approximate surface area is 150 Å². The van der Waals surface area contributed by atoms with Crippen molar-refractivity contribution in [2.75, 3.05) is 5.32 Å². The SMILES string of the molecule is Cc1cccc(CNc2ccnc(C(=O)NC3CCCCCC3)c2)c1. The highest BCUT2D eigenvalue weighted by Gasteiger charge is 2.16. The Bertz CT molecular complexity index is 706. The van der Waals surface area contributed by atoms with Crippen LogP contribution in [0.1, 0.15) is 60.1 Å². The normalized spacial score (nSPS) is 15.4. The van der Waals surface area contributed by atoms with Gasteiger partial charge >= 0.3 is 0 Å². The molecule has 4 heteroatoms. The Morgan fingerprint density at radius 3 is 2.68 bits per heavy atom. The van der Waals surface area contributed by atoms with E-state index in [1.54, 1.807) is 6.20 Å². The van der Waals surface area contributed by atoms with Crippen molar-refractivity contribution in [3.8, 4) is 0 Å². The van der Waals surface area contributed by atoms with E-state index in [4.69, 9.17) is 0 Å². The third kappa shape index (κ3) is 5.31. The molecule has 132 valence electrons. The van der Waals surface area contributed by atoms with Crippen LogP contribution in [0, 0.1) is 6.92 Å². The van der Waals surface area contributed by atoms with Crippen molar-refractivity contribution >= 4 is 11.6 Å². The maximum Gasteiger partial charge on any atom is 0.270 e. The summed E-state index contributed by atoms with van der Waals surface area (Å²) in [5.74, 6) is -0.0638. The van der Waals surface area contributed by atoms with Crippen LogP contribution in [0.2, 0.25) is 0 Å². The van der Waals surface area contributed by atoms with Crippen LogP contribution < -0.4 is 10.6 Å². The van der Waals surface area contributed by atoms with E-state index < -0.39 is 0 Å². The number of aromatic nitrogens is 1. The molecule has 1 heterocycles. The maximum atomic E-state index is 12.5. The largest absolute Gasteiger partial charge is 0.381 e. The lowest BCUT2D eigenvalue weighted by Crippen LogP contribution is -2.34.